The summed E-state index contributed by atoms with van der Waals surface area (Å²) in [6.07, 6.45) is -23.4. The topological polar surface area (TPSA) is 71.4 Å². The number of Topliss-reactive ketones (excluding diaryl/α,β-unsaturated/α-hetero) is 3. The summed E-state index contributed by atoms with van der Waals surface area (Å²) in [4.78, 5) is 32.6. The second kappa shape index (κ2) is 7.93. The molecule has 0 spiro atoms. The van der Waals surface area contributed by atoms with Crippen molar-refractivity contribution >= 4 is 17.3 Å². The number of carbonyl (C=O) groups excluding carboxylic acids is 3. The number of hydrogen-bond acceptors (Lipinski definition) is 4. The van der Waals surface area contributed by atoms with Gasteiger partial charge in [-0.3, -0.25) is 14.4 Å². The van der Waals surface area contributed by atoms with Crippen LogP contribution in [0.5, 0.6) is 0 Å². The second-order valence-electron chi connectivity index (χ2n) is 5.81. The highest BCUT2D eigenvalue weighted by molar-refractivity contribution is 6.08. The predicted octanol–water partition coefficient (Wildman–Crippen LogP) is 3.70. The summed E-state index contributed by atoms with van der Waals surface area (Å²) < 4.78 is 221. The fourth-order valence-electron chi connectivity index (χ4n) is 1.93. The van der Waals surface area contributed by atoms with Crippen molar-refractivity contribution < 1.29 is 94.1 Å². The van der Waals surface area contributed by atoms with E-state index in [1.165, 1.54) is 0 Å². The largest absolute Gasteiger partial charge is 0.456 e. The van der Waals surface area contributed by atoms with Crippen molar-refractivity contribution in [2.75, 3.05) is 6.61 Å². The summed E-state index contributed by atoms with van der Waals surface area (Å²) in [5.41, 5.74) is -16.4. The summed E-state index contributed by atoms with van der Waals surface area (Å²) >= 11 is 0. The summed E-state index contributed by atoms with van der Waals surface area (Å²) in [5, 5.41) is 8.00. The Balaban J connectivity index is 7.42. The first-order chi connectivity index (χ1) is 14.0. The van der Waals surface area contributed by atoms with E-state index in [1.807, 2.05) is 0 Å². The van der Waals surface area contributed by atoms with Crippen LogP contribution in [0.1, 0.15) is 0 Å². The molecule has 0 saturated carbocycles. The van der Waals surface area contributed by atoms with Gasteiger partial charge in [0.1, 0.15) is 6.61 Å². The number of ketones is 3. The number of aliphatic hydroxyl groups is 1. The number of alkyl halides is 17. The molecule has 0 rings (SSSR count). The van der Waals surface area contributed by atoms with E-state index in [0.717, 1.165) is 0 Å². The van der Waals surface area contributed by atoms with Gasteiger partial charge in [0.25, 0.3) is 11.6 Å². The van der Waals surface area contributed by atoms with Gasteiger partial charge in [-0.2, -0.15) is 65.9 Å². The van der Waals surface area contributed by atoms with Gasteiger partial charge in [-0.1, -0.05) is 0 Å². The minimum absolute atomic E-state index is 3.32. The van der Waals surface area contributed by atoms with Gasteiger partial charge in [0.2, 0.25) is 0 Å². The first-order valence-electron chi connectivity index (χ1n) is 6.99. The summed E-state index contributed by atoms with van der Waals surface area (Å²) in [6.45, 7) is -3.32. The second-order valence-corrected chi connectivity index (χ2v) is 5.81. The fraction of sp³-hybridized carbons (Fsp3) is 0.750. The molecule has 1 N–H and O–H groups in total. The van der Waals surface area contributed by atoms with Crippen molar-refractivity contribution in [1.82, 2.24) is 0 Å². The van der Waals surface area contributed by atoms with Crippen molar-refractivity contribution in [2.24, 2.45) is 0 Å². The van der Waals surface area contributed by atoms with Crippen LogP contribution in [-0.4, -0.2) is 76.7 Å². The van der Waals surface area contributed by atoms with Crippen LogP contribution in [0.3, 0.4) is 0 Å². The fourth-order valence-corrected chi connectivity index (χ4v) is 1.93. The van der Waals surface area contributed by atoms with Gasteiger partial charge in [-0.25, -0.2) is 8.78 Å². The minimum atomic E-state index is -8.35. The number of carbonyl (C=O) groups is 3. The predicted molar refractivity (Wildman–Crippen MR) is 62.8 cm³/mol. The van der Waals surface area contributed by atoms with Crippen LogP contribution >= 0.6 is 0 Å². The van der Waals surface area contributed by atoms with E-state index >= 15 is 0 Å². The first kappa shape index (κ1) is 30.8. The Morgan fingerprint density at radius 2 is 0.758 bits per heavy atom. The summed E-state index contributed by atoms with van der Waals surface area (Å²) in [7, 11) is 0. The van der Waals surface area contributed by atoms with Crippen LogP contribution in [0.2, 0.25) is 0 Å². The Labute approximate surface area is 167 Å². The Bertz CT molecular complexity index is 806. The molecule has 4 nitrogen and oxygen atoms in total. The molecule has 33 heavy (non-hydrogen) atoms. The monoisotopic (exact) mass is 534 g/mol. The van der Waals surface area contributed by atoms with Gasteiger partial charge in [0, 0.05) is 0 Å². The van der Waals surface area contributed by atoms with Crippen LogP contribution in [0, 0.1) is 0 Å². The van der Waals surface area contributed by atoms with Gasteiger partial charge < -0.3 is 5.11 Å². The maximum Gasteiger partial charge on any atom is 0.456 e. The van der Waals surface area contributed by atoms with E-state index in [0.29, 0.717) is 0 Å². The van der Waals surface area contributed by atoms with E-state index in [4.69, 9.17) is 5.11 Å². The van der Waals surface area contributed by atoms with Crippen LogP contribution in [0.4, 0.5) is 74.6 Å². The molecule has 0 aliphatic heterocycles. The average Bonchev–Trinajstić information content (AvgIpc) is 2.61. The Hall–Kier alpha value is -2.22. The maximum absolute atomic E-state index is 14.0. The van der Waals surface area contributed by atoms with E-state index in [1.54, 1.807) is 0 Å². The number of halogens is 17. The Morgan fingerprint density at radius 1 is 0.485 bits per heavy atom. The third-order valence-electron chi connectivity index (χ3n) is 3.63. The van der Waals surface area contributed by atoms with E-state index in [9.17, 15) is 89.0 Å². The molecule has 0 aromatic heterocycles. The highest BCUT2D eigenvalue weighted by Gasteiger charge is 2.90. The van der Waals surface area contributed by atoms with Gasteiger partial charge in [0.05, 0.1) is 0 Å². The molecule has 2 unspecified atom stereocenters. The molecule has 0 aliphatic carbocycles. The van der Waals surface area contributed by atoms with Crippen LogP contribution < -0.4 is 0 Å². The van der Waals surface area contributed by atoms with Gasteiger partial charge in [-0.15, -0.1) is 0 Å². The molecule has 0 heterocycles. The van der Waals surface area contributed by atoms with E-state index in [-0.39, 0.29) is 0 Å². The Morgan fingerprint density at radius 3 is 1.00 bits per heavy atom. The molecule has 21 heteroatoms. The molecular formula is C12H3F17O4. The molecule has 0 aromatic rings. The molecular weight excluding hydrogens is 531 g/mol. The SMILES string of the molecule is O=C(C(F)(F)F)C(F)(F)C(F)(C(=O)C(F)(F)C(F)(C(=O)C(F)(F)CO)C(F)(F)F)C(F)(F)F. The minimum Gasteiger partial charge on any atom is -0.390 e. The lowest BCUT2D eigenvalue weighted by Crippen LogP contribution is -2.75. The maximum atomic E-state index is 14.0. The third-order valence-corrected chi connectivity index (χ3v) is 3.63. The molecule has 0 saturated heterocycles. The highest BCUT2D eigenvalue weighted by Crippen LogP contribution is 2.56. The standard InChI is InChI=1S/C12H3F17O4/c13-5(14,1-30)2(31)6(15,11(24,25)26)8(17,18)3(32)7(16,12(27,28)29)9(19,20)4(33)10(21,22)23/h30H,1H2. The zero-order valence-electron chi connectivity index (χ0n) is 14.3. The van der Waals surface area contributed by atoms with Gasteiger partial charge in [-0.05, 0) is 0 Å². The van der Waals surface area contributed by atoms with Crippen LogP contribution in [0.15, 0.2) is 0 Å². The van der Waals surface area contributed by atoms with Gasteiger partial charge in [0.15, 0.2) is 0 Å². The molecule has 2 atom stereocenters. The third kappa shape index (κ3) is 4.34. The number of rotatable bonds is 8. The number of aliphatic hydroxyl groups excluding tert-OH is 1. The van der Waals surface area contributed by atoms with Crippen LogP contribution in [0.25, 0.3) is 0 Å². The summed E-state index contributed by atoms with van der Waals surface area (Å²) in [6, 6.07) is 0. The summed E-state index contributed by atoms with van der Waals surface area (Å²) in [5.74, 6) is -39.0. The molecule has 0 amide bonds. The normalized spacial score (nSPS) is 18.4. The van der Waals surface area contributed by atoms with Crippen LogP contribution in [-0.2, 0) is 14.4 Å². The van der Waals surface area contributed by atoms with Crippen molar-refractivity contribution in [3.63, 3.8) is 0 Å². The Kier molecular flexibility index (Phi) is 7.39. The van der Waals surface area contributed by atoms with Crippen molar-refractivity contribution in [3.8, 4) is 0 Å². The lowest BCUT2D eigenvalue weighted by molar-refractivity contribution is -0.315. The molecule has 194 valence electrons. The van der Waals surface area contributed by atoms with Crippen molar-refractivity contribution in [1.29, 1.82) is 0 Å². The average molecular weight is 534 g/mol. The zero-order valence-corrected chi connectivity index (χ0v) is 14.3. The lowest BCUT2D eigenvalue weighted by atomic mass is 9.77. The molecule has 0 aromatic carbocycles. The smallest absolute Gasteiger partial charge is 0.390 e. The molecule has 0 aliphatic rings. The first-order valence-corrected chi connectivity index (χ1v) is 6.99. The van der Waals surface area contributed by atoms with E-state index in [2.05, 4.69) is 0 Å². The molecule has 0 radical (unpaired) electrons. The zero-order chi connectivity index (χ0) is 27.4. The molecule has 0 bridgehead atoms. The van der Waals surface area contributed by atoms with Gasteiger partial charge >= 0.3 is 53.4 Å². The highest BCUT2D eigenvalue weighted by atomic mass is 19.4. The number of hydrogen-bond donors (Lipinski definition) is 1. The quantitative estimate of drug-likeness (QED) is 0.483. The lowest BCUT2D eigenvalue weighted by Gasteiger charge is -2.39. The van der Waals surface area contributed by atoms with Crippen molar-refractivity contribution in [3.05, 3.63) is 0 Å². The van der Waals surface area contributed by atoms with E-state index < -0.39 is 71.6 Å². The molecule has 0 fully saturated rings. The van der Waals surface area contributed by atoms with Crippen molar-refractivity contribution in [2.45, 2.75) is 47.6 Å².